The minimum atomic E-state index is -0.511. The molecule has 1 unspecified atom stereocenters. The normalized spacial score (nSPS) is 15.6. The Kier molecular flexibility index (Phi) is 7.25. The van der Waals surface area contributed by atoms with Gasteiger partial charge in [-0.1, -0.05) is 12.1 Å². The Bertz CT molecular complexity index is 1020. The van der Waals surface area contributed by atoms with Crippen LogP contribution in [-0.2, 0) is 14.3 Å². The second-order valence-electron chi connectivity index (χ2n) is 7.83. The first kappa shape index (κ1) is 23.0. The van der Waals surface area contributed by atoms with E-state index in [1.807, 2.05) is 13.8 Å². The molecule has 0 saturated carbocycles. The number of para-hydroxylation sites is 1. The Morgan fingerprint density at radius 2 is 1.75 bits per heavy atom. The summed E-state index contributed by atoms with van der Waals surface area (Å²) < 4.78 is 5.02. The van der Waals surface area contributed by atoms with Crippen molar-refractivity contribution in [2.24, 2.45) is 5.92 Å². The molecular weight excluding hydrogens is 410 g/mol. The molecular formula is C24H27N3O5. The van der Waals surface area contributed by atoms with Crippen molar-refractivity contribution in [3.63, 3.8) is 0 Å². The fourth-order valence-electron chi connectivity index (χ4n) is 3.53. The molecule has 168 valence electrons. The average molecular weight is 437 g/mol. The van der Waals surface area contributed by atoms with E-state index < -0.39 is 17.8 Å². The van der Waals surface area contributed by atoms with E-state index in [-0.39, 0.29) is 36.4 Å². The number of likely N-dealkylation sites (tertiary alicyclic amines) is 1. The quantitative estimate of drug-likeness (QED) is 0.647. The minimum absolute atomic E-state index is 0.0183. The average Bonchev–Trinajstić information content (AvgIpc) is 3.17. The maximum absolute atomic E-state index is 12.6. The Labute approximate surface area is 186 Å². The molecule has 0 aromatic heterocycles. The van der Waals surface area contributed by atoms with Crippen molar-refractivity contribution in [1.29, 1.82) is 0 Å². The smallest absolute Gasteiger partial charge is 0.340 e. The van der Waals surface area contributed by atoms with Gasteiger partial charge in [0.25, 0.3) is 5.91 Å². The highest BCUT2D eigenvalue weighted by atomic mass is 16.5. The zero-order valence-electron chi connectivity index (χ0n) is 18.4. The van der Waals surface area contributed by atoms with Gasteiger partial charge in [-0.3, -0.25) is 14.4 Å². The largest absolute Gasteiger partial charge is 0.462 e. The van der Waals surface area contributed by atoms with Crippen molar-refractivity contribution in [3.05, 3.63) is 59.7 Å². The molecule has 3 amide bonds. The van der Waals surface area contributed by atoms with E-state index >= 15 is 0 Å². The molecule has 1 aliphatic rings. The fraction of sp³-hybridized carbons (Fsp3) is 0.333. The summed E-state index contributed by atoms with van der Waals surface area (Å²) in [6.45, 7) is 6.20. The number of amides is 3. The molecule has 1 atom stereocenters. The highest BCUT2D eigenvalue weighted by Gasteiger charge is 2.35. The summed E-state index contributed by atoms with van der Waals surface area (Å²) in [7, 11) is 0. The number of carbonyl (C=O) groups excluding carboxylic acids is 4. The van der Waals surface area contributed by atoms with Gasteiger partial charge < -0.3 is 20.3 Å². The molecule has 1 saturated heterocycles. The Morgan fingerprint density at radius 3 is 2.38 bits per heavy atom. The number of esters is 1. The topological polar surface area (TPSA) is 105 Å². The van der Waals surface area contributed by atoms with Crippen LogP contribution in [0.4, 0.5) is 11.4 Å². The van der Waals surface area contributed by atoms with Crippen LogP contribution in [0.5, 0.6) is 0 Å². The number of ether oxygens (including phenoxy) is 1. The van der Waals surface area contributed by atoms with Gasteiger partial charge >= 0.3 is 5.97 Å². The molecule has 0 bridgehead atoms. The van der Waals surface area contributed by atoms with Crippen LogP contribution in [0, 0.1) is 5.92 Å². The summed E-state index contributed by atoms with van der Waals surface area (Å²) in [5.74, 6) is -1.54. The lowest BCUT2D eigenvalue weighted by Gasteiger charge is -2.20. The van der Waals surface area contributed by atoms with E-state index in [1.54, 1.807) is 60.4 Å². The molecule has 1 fully saturated rings. The SMILES string of the molecule is CCOC(=O)c1ccccc1NC(=O)c1ccc(NC(=O)C2CC(=O)N(C(C)C)C2)cc1. The van der Waals surface area contributed by atoms with Gasteiger partial charge in [-0.05, 0) is 57.2 Å². The number of nitrogens with one attached hydrogen (secondary N) is 2. The molecule has 2 N–H and O–H groups in total. The van der Waals surface area contributed by atoms with Crippen LogP contribution in [0.2, 0.25) is 0 Å². The summed E-state index contributed by atoms with van der Waals surface area (Å²) in [5, 5.41) is 5.53. The van der Waals surface area contributed by atoms with Crippen molar-refractivity contribution >= 4 is 35.1 Å². The predicted molar refractivity (Wildman–Crippen MR) is 120 cm³/mol. The lowest BCUT2D eigenvalue weighted by atomic mass is 10.1. The van der Waals surface area contributed by atoms with Crippen molar-refractivity contribution in [2.75, 3.05) is 23.8 Å². The molecule has 8 nitrogen and oxygen atoms in total. The second kappa shape index (κ2) is 10.1. The van der Waals surface area contributed by atoms with Crippen LogP contribution >= 0.6 is 0 Å². The van der Waals surface area contributed by atoms with Crippen molar-refractivity contribution in [3.8, 4) is 0 Å². The summed E-state index contributed by atoms with van der Waals surface area (Å²) in [5.41, 5.74) is 1.53. The van der Waals surface area contributed by atoms with Crippen LogP contribution in [0.3, 0.4) is 0 Å². The van der Waals surface area contributed by atoms with E-state index in [0.717, 1.165) is 0 Å². The molecule has 3 rings (SSSR count). The van der Waals surface area contributed by atoms with Gasteiger partial charge in [0.1, 0.15) is 0 Å². The van der Waals surface area contributed by atoms with Crippen molar-refractivity contribution in [1.82, 2.24) is 4.90 Å². The maximum atomic E-state index is 12.6. The third-order valence-electron chi connectivity index (χ3n) is 5.24. The van der Waals surface area contributed by atoms with E-state index in [4.69, 9.17) is 4.74 Å². The summed E-state index contributed by atoms with van der Waals surface area (Å²) in [4.78, 5) is 51.0. The van der Waals surface area contributed by atoms with Gasteiger partial charge in [-0.25, -0.2) is 4.79 Å². The summed E-state index contributed by atoms with van der Waals surface area (Å²) in [6.07, 6.45) is 0.199. The maximum Gasteiger partial charge on any atom is 0.340 e. The van der Waals surface area contributed by atoms with Crippen LogP contribution in [0.25, 0.3) is 0 Å². The first-order chi connectivity index (χ1) is 15.3. The lowest BCUT2D eigenvalue weighted by molar-refractivity contribution is -0.129. The summed E-state index contributed by atoms with van der Waals surface area (Å²) >= 11 is 0. The summed E-state index contributed by atoms with van der Waals surface area (Å²) in [6, 6.07) is 13.1. The molecule has 2 aromatic rings. The van der Waals surface area contributed by atoms with Gasteiger partial charge in [0.2, 0.25) is 11.8 Å². The third kappa shape index (κ3) is 5.32. The minimum Gasteiger partial charge on any atom is -0.462 e. The standard InChI is InChI=1S/C24H27N3O5/c1-4-32-24(31)19-7-5-6-8-20(19)26-22(29)16-9-11-18(12-10-16)25-23(30)17-13-21(28)27(14-17)15(2)3/h5-12,15,17H,4,13-14H2,1-3H3,(H,25,30)(H,26,29). The molecule has 0 aliphatic carbocycles. The van der Waals surface area contributed by atoms with E-state index in [0.29, 0.717) is 23.5 Å². The van der Waals surface area contributed by atoms with Crippen molar-refractivity contribution < 1.29 is 23.9 Å². The molecule has 8 heteroatoms. The van der Waals surface area contributed by atoms with Gasteiger partial charge in [0.05, 0.1) is 23.8 Å². The molecule has 0 radical (unpaired) electrons. The van der Waals surface area contributed by atoms with Gasteiger partial charge in [-0.2, -0.15) is 0 Å². The van der Waals surface area contributed by atoms with E-state index in [9.17, 15) is 19.2 Å². The third-order valence-corrected chi connectivity index (χ3v) is 5.24. The van der Waals surface area contributed by atoms with Gasteiger partial charge in [-0.15, -0.1) is 0 Å². The number of hydrogen-bond donors (Lipinski definition) is 2. The fourth-order valence-corrected chi connectivity index (χ4v) is 3.53. The first-order valence-electron chi connectivity index (χ1n) is 10.6. The van der Waals surface area contributed by atoms with Crippen LogP contribution in [0.15, 0.2) is 48.5 Å². The molecule has 0 spiro atoms. The predicted octanol–water partition coefficient (Wildman–Crippen LogP) is 3.31. The molecule has 1 aliphatic heterocycles. The number of hydrogen-bond acceptors (Lipinski definition) is 5. The van der Waals surface area contributed by atoms with E-state index in [2.05, 4.69) is 10.6 Å². The van der Waals surface area contributed by atoms with Crippen LogP contribution < -0.4 is 10.6 Å². The number of nitrogens with zero attached hydrogens (tertiary/aromatic N) is 1. The van der Waals surface area contributed by atoms with Crippen LogP contribution in [-0.4, -0.2) is 47.8 Å². The second-order valence-corrected chi connectivity index (χ2v) is 7.83. The number of rotatable bonds is 7. The van der Waals surface area contributed by atoms with Crippen molar-refractivity contribution in [2.45, 2.75) is 33.2 Å². The van der Waals surface area contributed by atoms with Crippen LogP contribution in [0.1, 0.15) is 47.9 Å². The lowest BCUT2D eigenvalue weighted by Crippen LogP contribution is -2.33. The first-order valence-corrected chi connectivity index (χ1v) is 10.6. The molecule has 2 aromatic carbocycles. The molecule has 32 heavy (non-hydrogen) atoms. The molecule has 1 heterocycles. The Balaban J connectivity index is 1.63. The van der Waals surface area contributed by atoms with E-state index in [1.165, 1.54) is 0 Å². The zero-order chi connectivity index (χ0) is 23.3. The van der Waals surface area contributed by atoms with Gasteiger partial charge in [0.15, 0.2) is 0 Å². The van der Waals surface area contributed by atoms with Gasteiger partial charge in [0, 0.05) is 30.3 Å². The highest BCUT2D eigenvalue weighted by molar-refractivity contribution is 6.08. The number of carbonyl (C=O) groups is 4. The Hall–Kier alpha value is -3.68. The number of benzene rings is 2. The monoisotopic (exact) mass is 437 g/mol. The number of anilines is 2. The highest BCUT2D eigenvalue weighted by Crippen LogP contribution is 2.22. The Morgan fingerprint density at radius 1 is 1.06 bits per heavy atom. The zero-order valence-corrected chi connectivity index (χ0v) is 18.4.